The number of carbonyl (C=O) groups excluding carboxylic acids is 1. The third kappa shape index (κ3) is 5.69. The largest absolute Gasteiger partial charge is 0.497 e. The van der Waals surface area contributed by atoms with Crippen molar-refractivity contribution >= 4 is 15.9 Å². The number of carbonyl (C=O) groups is 1. The van der Waals surface area contributed by atoms with Gasteiger partial charge < -0.3 is 10.1 Å². The fourth-order valence-electron chi connectivity index (χ4n) is 3.77. The topological polar surface area (TPSA) is 75.7 Å². The lowest BCUT2D eigenvalue weighted by atomic mass is 9.90. The zero-order chi connectivity index (χ0) is 19.3. The molecule has 1 aliphatic heterocycles. The Labute approximate surface area is 162 Å². The predicted octanol–water partition coefficient (Wildman–Crippen LogP) is 2.51. The molecule has 6 nitrogen and oxygen atoms in total. The van der Waals surface area contributed by atoms with Gasteiger partial charge in [-0.1, -0.05) is 18.6 Å². The number of piperidine rings is 1. The van der Waals surface area contributed by atoms with Gasteiger partial charge in [-0.05, 0) is 55.2 Å². The number of ether oxygens (including phenoxy) is 1. The number of hydrogen-bond acceptors (Lipinski definition) is 4. The molecule has 1 aromatic rings. The van der Waals surface area contributed by atoms with Gasteiger partial charge in [0.05, 0.1) is 12.9 Å². The number of benzene rings is 1. The predicted molar refractivity (Wildman–Crippen MR) is 105 cm³/mol. The fraction of sp³-hybridized carbons (Fsp3) is 0.650. The number of nitrogens with zero attached hydrogens (tertiary/aromatic N) is 1. The summed E-state index contributed by atoms with van der Waals surface area (Å²) in [7, 11) is -1.63. The second-order valence-electron chi connectivity index (χ2n) is 7.55. The zero-order valence-corrected chi connectivity index (χ0v) is 16.8. The van der Waals surface area contributed by atoms with Crippen molar-refractivity contribution in [2.45, 2.75) is 44.4 Å². The Bertz CT molecular complexity index is 723. The molecule has 1 amide bonds. The molecule has 0 radical (unpaired) electrons. The summed E-state index contributed by atoms with van der Waals surface area (Å²) in [5, 5.41) is 2.81. The molecule has 2 aliphatic rings. The van der Waals surface area contributed by atoms with Crippen LogP contribution in [0, 0.1) is 5.92 Å². The van der Waals surface area contributed by atoms with Gasteiger partial charge >= 0.3 is 0 Å². The van der Waals surface area contributed by atoms with Crippen LogP contribution in [0.3, 0.4) is 0 Å². The standard InChI is InChI=1S/C20H30N2O4S/c1-26-18-9-7-17(8-10-18)19(16-5-6-16)15-20(23)21-11-14-27(24,25)22-12-3-2-4-13-22/h7-10,16,19H,2-6,11-15H2,1H3,(H,21,23). The van der Waals surface area contributed by atoms with Crippen molar-refractivity contribution in [3.63, 3.8) is 0 Å². The van der Waals surface area contributed by atoms with Gasteiger partial charge in [0.25, 0.3) is 0 Å². The Morgan fingerprint density at radius 3 is 2.44 bits per heavy atom. The third-order valence-corrected chi connectivity index (χ3v) is 7.40. The molecule has 1 N–H and O–H groups in total. The van der Waals surface area contributed by atoms with Crippen LogP contribution in [0.2, 0.25) is 0 Å². The molecule has 3 rings (SSSR count). The second kappa shape index (κ2) is 9.06. The van der Waals surface area contributed by atoms with Crippen molar-refractivity contribution < 1.29 is 17.9 Å². The summed E-state index contributed by atoms with van der Waals surface area (Å²) in [5.41, 5.74) is 1.15. The summed E-state index contributed by atoms with van der Waals surface area (Å²) in [4.78, 5) is 12.4. The summed E-state index contributed by atoms with van der Waals surface area (Å²) < 4.78 is 31.5. The van der Waals surface area contributed by atoms with Crippen LogP contribution in [0.15, 0.2) is 24.3 Å². The molecule has 1 aromatic carbocycles. The Balaban J connectivity index is 1.49. The van der Waals surface area contributed by atoms with Crippen molar-refractivity contribution in [1.29, 1.82) is 0 Å². The highest BCUT2D eigenvalue weighted by Gasteiger charge is 2.33. The van der Waals surface area contributed by atoms with Crippen LogP contribution in [-0.2, 0) is 14.8 Å². The van der Waals surface area contributed by atoms with Crippen molar-refractivity contribution in [2.75, 3.05) is 32.5 Å². The van der Waals surface area contributed by atoms with E-state index in [0.29, 0.717) is 25.4 Å². The first-order valence-electron chi connectivity index (χ1n) is 9.88. The summed E-state index contributed by atoms with van der Waals surface area (Å²) in [5.74, 6) is 1.45. The minimum absolute atomic E-state index is 0.0185. The molecule has 0 spiro atoms. The van der Waals surface area contributed by atoms with Gasteiger partial charge in [-0.3, -0.25) is 4.79 Å². The van der Waals surface area contributed by atoms with E-state index >= 15 is 0 Å². The molecule has 150 valence electrons. The number of amides is 1. The molecule has 1 aliphatic carbocycles. The molecule has 1 saturated heterocycles. The van der Waals surface area contributed by atoms with Gasteiger partial charge in [-0.15, -0.1) is 0 Å². The van der Waals surface area contributed by atoms with Gasteiger partial charge in [0, 0.05) is 26.1 Å². The van der Waals surface area contributed by atoms with Crippen molar-refractivity contribution in [1.82, 2.24) is 9.62 Å². The Morgan fingerprint density at radius 1 is 1.19 bits per heavy atom. The van der Waals surface area contributed by atoms with E-state index in [1.165, 1.54) is 0 Å². The molecule has 7 heteroatoms. The smallest absolute Gasteiger partial charge is 0.220 e. The Morgan fingerprint density at radius 2 is 1.85 bits per heavy atom. The number of nitrogens with one attached hydrogen (secondary N) is 1. The van der Waals surface area contributed by atoms with Gasteiger partial charge in [0.2, 0.25) is 15.9 Å². The molecule has 1 saturated carbocycles. The lowest BCUT2D eigenvalue weighted by Gasteiger charge is -2.26. The lowest BCUT2D eigenvalue weighted by Crippen LogP contribution is -2.40. The van der Waals surface area contributed by atoms with E-state index in [4.69, 9.17) is 4.74 Å². The highest BCUT2D eigenvalue weighted by Crippen LogP contribution is 2.44. The van der Waals surface area contributed by atoms with Crippen LogP contribution in [0.5, 0.6) is 5.75 Å². The first kappa shape index (κ1) is 20.1. The SMILES string of the molecule is COc1ccc(C(CC(=O)NCCS(=O)(=O)N2CCCCC2)C2CC2)cc1. The number of hydrogen-bond donors (Lipinski definition) is 1. The van der Waals surface area contributed by atoms with Crippen LogP contribution in [0.25, 0.3) is 0 Å². The fourth-order valence-corrected chi connectivity index (χ4v) is 5.20. The maximum absolute atomic E-state index is 12.4. The zero-order valence-electron chi connectivity index (χ0n) is 16.0. The molecule has 0 bridgehead atoms. The van der Waals surface area contributed by atoms with Crippen molar-refractivity contribution in [3.8, 4) is 5.75 Å². The first-order chi connectivity index (χ1) is 13.0. The lowest BCUT2D eigenvalue weighted by molar-refractivity contribution is -0.121. The van der Waals surface area contributed by atoms with Crippen LogP contribution >= 0.6 is 0 Å². The Hall–Kier alpha value is -1.60. The summed E-state index contributed by atoms with van der Waals surface area (Å²) in [6.45, 7) is 1.40. The van der Waals surface area contributed by atoms with E-state index < -0.39 is 10.0 Å². The van der Waals surface area contributed by atoms with Crippen molar-refractivity contribution in [3.05, 3.63) is 29.8 Å². The van der Waals surface area contributed by atoms with E-state index in [1.807, 2.05) is 24.3 Å². The second-order valence-corrected chi connectivity index (χ2v) is 9.64. The van der Waals surface area contributed by atoms with E-state index in [0.717, 1.165) is 43.4 Å². The molecule has 27 heavy (non-hydrogen) atoms. The minimum Gasteiger partial charge on any atom is -0.497 e. The Kier molecular flexibility index (Phi) is 6.76. The normalized spacial score (nSPS) is 19.4. The molecule has 0 aromatic heterocycles. The number of methoxy groups -OCH3 is 1. The highest BCUT2D eigenvalue weighted by molar-refractivity contribution is 7.89. The van der Waals surface area contributed by atoms with Gasteiger partial charge in [0.1, 0.15) is 5.75 Å². The van der Waals surface area contributed by atoms with Gasteiger partial charge in [-0.25, -0.2) is 12.7 Å². The summed E-state index contributed by atoms with van der Waals surface area (Å²) in [6.07, 6.45) is 5.64. The van der Waals surface area contributed by atoms with Crippen LogP contribution in [-0.4, -0.2) is 51.1 Å². The maximum Gasteiger partial charge on any atom is 0.220 e. The number of sulfonamides is 1. The monoisotopic (exact) mass is 394 g/mol. The van der Waals surface area contributed by atoms with Crippen LogP contribution in [0.1, 0.15) is 50.0 Å². The molecule has 2 fully saturated rings. The molecule has 1 heterocycles. The molecule has 1 atom stereocenters. The summed E-state index contributed by atoms with van der Waals surface area (Å²) in [6, 6.07) is 7.90. The van der Waals surface area contributed by atoms with Gasteiger partial charge in [0.15, 0.2) is 0 Å². The van der Waals surface area contributed by atoms with E-state index in [1.54, 1.807) is 11.4 Å². The summed E-state index contributed by atoms with van der Waals surface area (Å²) >= 11 is 0. The molecular formula is C20H30N2O4S. The quantitative estimate of drug-likeness (QED) is 0.698. The number of rotatable bonds is 9. The van der Waals surface area contributed by atoms with E-state index in [2.05, 4.69) is 5.32 Å². The van der Waals surface area contributed by atoms with Crippen LogP contribution in [0.4, 0.5) is 0 Å². The van der Waals surface area contributed by atoms with E-state index in [-0.39, 0.29) is 24.1 Å². The van der Waals surface area contributed by atoms with Crippen molar-refractivity contribution in [2.24, 2.45) is 5.92 Å². The third-order valence-electron chi connectivity index (χ3n) is 5.53. The average molecular weight is 395 g/mol. The molecule has 1 unspecified atom stereocenters. The van der Waals surface area contributed by atoms with Crippen LogP contribution < -0.4 is 10.1 Å². The van der Waals surface area contributed by atoms with Gasteiger partial charge in [-0.2, -0.15) is 0 Å². The van der Waals surface area contributed by atoms with E-state index in [9.17, 15) is 13.2 Å². The maximum atomic E-state index is 12.4. The minimum atomic E-state index is -3.27. The molecular weight excluding hydrogens is 364 g/mol. The first-order valence-corrected chi connectivity index (χ1v) is 11.5. The highest BCUT2D eigenvalue weighted by atomic mass is 32.2. The average Bonchev–Trinajstić information content (AvgIpc) is 3.52.